The van der Waals surface area contributed by atoms with Crippen LogP contribution >= 0.6 is 0 Å². The average Bonchev–Trinajstić information content (AvgIpc) is 3.20. The molecule has 2 bridgehead atoms. The van der Waals surface area contributed by atoms with Crippen LogP contribution < -0.4 is 5.32 Å². The maximum atomic E-state index is 14.5. The summed E-state index contributed by atoms with van der Waals surface area (Å²) in [6.45, 7) is 4.89. The van der Waals surface area contributed by atoms with Crippen LogP contribution in [-0.2, 0) is 15.0 Å². The molecule has 1 N–H and O–H groups in total. The summed E-state index contributed by atoms with van der Waals surface area (Å²) in [6, 6.07) is 7.00. The Morgan fingerprint density at radius 3 is 2.69 bits per heavy atom. The normalized spacial score (nSPS) is 25.7. The number of aromatic nitrogens is 2. The average molecular weight is 494 g/mol. The summed E-state index contributed by atoms with van der Waals surface area (Å²) in [6.07, 6.45) is 3.45. The quantitative estimate of drug-likeness (QED) is 0.656. The van der Waals surface area contributed by atoms with Crippen molar-refractivity contribution in [2.45, 2.75) is 69.7 Å². The Morgan fingerprint density at radius 2 is 2.00 bits per heavy atom. The first-order chi connectivity index (χ1) is 17.2. The fraction of sp³-hybridized carbons (Fsp3) is 0.519. The van der Waals surface area contributed by atoms with Crippen LogP contribution in [-0.4, -0.2) is 46.0 Å². The number of halogens is 2. The Labute approximate surface area is 208 Å². The Kier molecular flexibility index (Phi) is 6.01. The second-order valence-electron chi connectivity index (χ2n) is 10.7. The van der Waals surface area contributed by atoms with Crippen molar-refractivity contribution in [1.82, 2.24) is 20.4 Å². The first-order valence-corrected chi connectivity index (χ1v) is 12.5. The van der Waals surface area contributed by atoms with Crippen LogP contribution in [0.15, 0.2) is 24.3 Å². The number of rotatable bonds is 6. The molecule has 1 saturated heterocycles. The van der Waals surface area contributed by atoms with Gasteiger partial charge in [-0.15, -0.1) is 0 Å². The smallest absolute Gasteiger partial charge is 0.245 e. The van der Waals surface area contributed by atoms with E-state index in [4.69, 9.17) is 0 Å². The third kappa shape index (κ3) is 3.66. The Hall–Kier alpha value is -3.41. The Morgan fingerprint density at radius 1 is 1.25 bits per heavy atom. The zero-order chi connectivity index (χ0) is 25.7. The van der Waals surface area contributed by atoms with Gasteiger partial charge in [-0.25, -0.2) is 8.78 Å². The van der Waals surface area contributed by atoms with Gasteiger partial charge in [0.05, 0.1) is 29.4 Å². The first-order valence-electron chi connectivity index (χ1n) is 12.5. The highest BCUT2D eigenvalue weighted by Crippen LogP contribution is 2.67. The lowest BCUT2D eigenvalue weighted by Gasteiger charge is -2.42. The van der Waals surface area contributed by atoms with E-state index in [0.717, 1.165) is 24.1 Å². The van der Waals surface area contributed by atoms with Crippen molar-refractivity contribution in [2.24, 2.45) is 5.41 Å². The molecule has 2 amide bonds. The van der Waals surface area contributed by atoms with Crippen LogP contribution in [0, 0.1) is 28.4 Å². The number of amides is 2. The van der Waals surface area contributed by atoms with Gasteiger partial charge in [0.15, 0.2) is 0 Å². The molecule has 1 aromatic heterocycles. The van der Waals surface area contributed by atoms with Gasteiger partial charge in [-0.05, 0) is 60.8 Å². The molecule has 5 rings (SSSR count). The molecule has 1 aromatic carbocycles. The van der Waals surface area contributed by atoms with Gasteiger partial charge in [0.1, 0.15) is 17.7 Å². The number of benzene rings is 1. The summed E-state index contributed by atoms with van der Waals surface area (Å²) in [7, 11) is 0. The van der Waals surface area contributed by atoms with Crippen molar-refractivity contribution in [3.05, 3.63) is 47.2 Å². The maximum absolute atomic E-state index is 14.5. The van der Waals surface area contributed by atoms with Crippen LogP contribution in [0.4, 0.5) is 8.78 Å². The minimum absolute atomic E-state index is 0.0962. The zero-order valence-corrected chi connectivity index (χ0v) is 20.5. The highest BCUT2D eigenvalue weighted by atomic mass is 19.1. The zero-order valence-electron chi connectivity index (χ0n) is 20.5. The lowest BCUT2D eigenvalue weighted by molar-refractivity contribution is -0.139. The van der Waals surface area contributed by atoms with E-state index in [1.54, 1.807) is 11.0 Å². The summed E-state index contributed by atoms with van der Waals surface area (Å²) >= 11 is 0. The van der Waals surface area contributed by atoms with E-state index in [1.165, 1.54) is 18.2 Å². The molecule has 2 fully saturated rings. The number of nitriles is 1. The molecule has 188 valence electrons. The topological polar surface area (TPSA) is 99.0 Å². The minimum Gasteiger partial charge on any atom is -0.344 e. The molecule has 0 spiro atoms. The molecule has 2 heterocycles. The molecule has 9 heteroatoms. The standard InChI is InChI=1S/C27H29F2N5O2/c1-26(2)17-10-11-27(26,15-34(13-5-12-30)25(36)20-8-4-9-22(35)31-20)24-16(17)14-21(32-33-24)23-18(28)6-3-7-19(23)29/h3,6-7,14,17,20H,4-5,8-11,13,15H2,1-2H3,(H,31,35)/t17-,20?,27-/m0/s1. The highest BCUT2D eigenvalue weighted by Gasteiger charge is 2.64. The third-order valence-corrected chi connectivity index (χ3v) is 8.63. The van der Waals surface area contributed by atoms with Crippen LogP contribution in [0.5, 0.6) is 0 Å². The highest BCUT2D eigenvalue weighted by molar-refractivity contribution is 5.88. The van der Waals surface area contributed by atoms with Gasteiger partial charge in [0, 0.05) is 24.9 Å². The van der Waals surface area contributed by atoms with Crippen molar-refractivity contribution in [1.29, 1.82) is 5.26 Å². The van der Waals surface area contributed by atoms with E-state index in [1.807, 2.05) is 0 Å². The van der Waals surface area contributed by atoms with Crippen LogP contribution in [0.25, 0.3) is 11.3 Å². The molecule has 2 aliphatic carbocycles. The predicted octanol–water partition coefficient (Wildman–Crippen LogP) is 3.99. The molecule has 1 aliphatic heterocycles. The molecule has 3 aliphatic rings. The Bertz CT molecular complexity index is 1250. The summed E-state index contributed by atoms with van der Waals surface area (Å²) in [5, 5.41) is 20.8. The molecular formula is C27H29F2N5O2. The van der Waals surface area contributed by atoms with Gasteiger partial charge in [0.2, 0.25) is 11.8 Å². The monoisotopic (exact) mass is 493 g/mol. The van der Waals surface area contributed by atoms with E-state index < -0.39 is 23.1 Å². The van der Waals surface area contributed by atoms with Crippen molar-refractivity contribution in [3.8, 4) is 17.3 Å². The van der Waals surface area contributed by atoms with Crippen LogP contribution in [0.1, 0.15) is 69.5 Å². The van der Waals surface area contributed by atoms with E-state index in [-0.39, 0.29) is 47.4 Å². The second kappa shape index (κ2) is 8.91. The lowest BCUT2D eigenvalue weighted by atomic mass is 9.68. The molecular weight excluding hydrogens is 464 g/mol. The summed E-state index contributed by atoms with van der Waals surface area (Å²) in [4.78, 5) is 27.2. The molecule has 0 radical (unpaired) electrons. The third-order valence-electron chi connectivity index (χ3n) is 8.63. The van der Waals surface area contributed by atoms with Gasteiger partial charge in [0.25, 0.3) is 0 Å². The second-order valence-corrected chi connectivity index (χ2v) is 10.7. The van der Waals surface area contributed by atoms with Crippen molar-refractivity contribution < 1.29 is 18.4 Å². The number of nitrogens with one attached hydrogen (secondary N) is 1. The first kappa shape index (κ1) is 24.3. The number of piperidine rings is 1. The molecule has 3 atom stereocenters. The molecule has 2 aromatic rings. The molecule has 1 unspecified atom stereocenters. The van der Waals surface area contributed by atoms with E-state index in [2.05, 4.69) is 35.4 Å². The van der Waals surface area contributed by atoms with E-state index in [9.17, 15) is 23.6 Å². The number of hydrogen-bond acceptors (Lipinski definition) is 5. The number of carbonyl (C=O) groups excluding carboxylic acids is 2. The van der Waals surface area contributed by atoms with Gasteiger partial charge < -0.3 is 10.2 Å². The van der Waals surface area contributed by atoms with E-state index in [0.29, 0.717) is 25.8 Å². The molecule has 36 heavy (non-hydrogen) atoms. The van der Waals surface area contributed by atoms with Gasteiger partial charge >= 0.3 is 0 Å². The SMILES string of the molecule is CC1(C)[C@H]2CC[C@]1(CN(CCC#N)C(=O)C1CCCC(=O)N1)c1nnc(-c3c(F)cccc3F)cc12. The van der Waals surface area contributed by atoms with Crippen molar-refractivity contribution in [2.75, 3.05) is 13.1 Å². The lowest BCUT2D eigenvalue weighted by Crippen LogP contribution is -2.55. The number of fused-ring (bicyclic) bond motifs is 5. The van der Waals surface area contributed by atoms with Gasteiger partial charge in [-0.2, -0.15) is 15.5 Å². The largest absolute Gasteiger partial charge is 0.344 e. The Balaban J connectivity index is 1.52. The van der Waals surface area contributed by atoms with E-state index >= 15 is 0 Å². The summed E-state index contributed by atoms with van der Waals surface area (Å²) < 4.78 is 29.0. The van der Waals surface area contributed by atoms with Crippen LogP contribution in [0.3, 0.4) is 0 Å². The summed E-state index contributed by atoms with van der Waals surface area (Å²) in [5.41, 5.74) is 0.823. The van der Waals surface area contributed by atoms with Gasteiger partial charge in [-0.3, -0.25) is 9.59 Å². The molecule has 1 saturated carbocycles. The molecule has 7 nitrogen and oxygen atoms in total. The van der Waals surface area contributed by atoms with Crippen molar-refractivity contribution in [3.63, 3.8) is 0 Å². The number of carbonyl (C=O) groups is 2. The maximum Gasteiger partial charge on any atom is 0.245 e. The fourth-order valence-electron chi connectivity index (χ4n) is 6.63. The fourth-order valence-corrected chi connectivity index (χ4v) is 6.63. The number of hydrogen-bond donors (Lipinski definition) is 1. The summed E-state index contributed by atoms with van der Waals surface area (Å²) in [5.74, 6) is -1.60. The minimum atomic E-state index is -0.691. The number of nitrogens with zero attached hydrogens (tertiary/aromatic N) is 4. The predicted molar refractivity (Wildman–Crippen MR) is 127 cm³/mol. The van der Waals surface area contributed by atoms with Gasteiger partial charge in [-0.1, -0.05) is 19.9 Å². The van der Waals surface area contributed by atoms with Crippen LogP contribution in [0.2, 0.25) is 0 Å². The van der Waals surface area contributed by atoms with Crippen molar-refractivity contribution >= 4 is 11.8 Å².